The number of hydrogen-bond donors (Lipinski definition) is 1. The van der Waals surface area contributed by atoms with Crippen LogP contribution in [0.15, 0.2) is 56.3 Å². The lowest BCUT2D eigenvalue weighted by atomic mass is 10.1. The highest BCUT2D eigenvalue weighted by atomic mass is 16.5. The molecule has 1 N–H and O–H groups in total. The molecule has 25 heavy (non-hydrogen) atoms. The van der Waals surface area contributed by atoms with Gasteiger partial charge in [0.1, 0.15) is 12.3 Å². The van der Waals surface area contributed by atoms with Crippen LogP contribution in [-0.2, 0) is 11.3 Å². The van der Waals surface area contributed by atoms with Crippen molar-refractivity contribution in [3.8, 4) is 17.4 Å². The van der Waals surface area contributed by atoms with Gasteiger partial charge in [-0.1, -0.05) is 18.2 Å². The molecule has 3 rings (SSSR count). The second-order valence-corrected chi connectivity index (χ2v) is 5.34. The highest BCUT2D eigenvalue weighted by molar-refractivity contribution is 5.76. The topological polar surface area (TPSA) is 99.5 Å². The van der Waals surface area contributed by atoms with Crippen molar-refractivity contribution in [1.82, 2.24) is 15.1 Å². The average molecular weight is 343 g/mol. The first-order valence-corrected chi connectivity index (χ1v) is 7.62. The number of amides is 1. The van der Waals surface area contributed by atoms with Gasteiger partial charge in [-0.05, 0) is 25.1 Å². The summed E-state index contributed by atoms with van der Waals surface area (Å²) in [7, 11) is 1.57. The van der Waals surface area contributed by atoms with Crippen LogP contribution in [0.1, 0.15) is 18.5 Å². The Balaban J connectivity index is 1.70. The van der Waals surface area contributed by atoms with Crippen molar-refractivity contribution in [2.75, 3.05) is 7.11 Å². The molecule has 0 aliphatic rings. The van der Waals surface area contributed by atoms with Gasteiger partial charge in [0.25, 0.3) is 5.89 Å². The minimum Gasteiger partial charge on any atom is -0.496 e. The standard InChI is InChI=1S/C17H17N3O5/c1-11(12-6-3-4-7-13(12)23-2)18-15(21)10-20-17(22)25-16(19-20)14-8-5-9-24-14/h3-9,11H,10H2,1-2H3,(H,18,21). The van der Waals surface area contributed by atoms with Crippen LogP contribution in [0.5, 0.6) is 5.75 Å². The SMILES string of the molecule is COc1ccccc1C(C)NC(=O)Cn1nc(-c2ccco2)oc1=O. The molecular weight excluding hydrogens is 326 g/mol. The van der Waals surface area contributed by atoms with E-state index in [-0.39, 0.29) is 24.4 Å². The Morgan fingerprint density at radius 3 is 2.84 bits per heavy atom. The first-order chi connectivity index (χ1) is 12.1. The van der Waals surface area contributed by atoms with Crippen molar-refractivity contribution in [2.45, 2.75) is 19.5 Å². The molecule has 0 saturated carbocycles. The third kappa shape index (κ3) is 3.63. The number of nitrogens with one attached hydrogen (secondary N) is 1. The maximum absolute atomic E-state index is 12.2. The van der Waals surface area contributed by atoms with Crippen molar-refractivity contribution < 1.29 is 18.4 Å². The van der Waals surface area contributed by atoms with Gasteiger partial charge in [-0.15, -0.1) is 5.10 Å². The summed E-state index contributed by atoms with van der Waals surface area (Å²) in [6.45, 7) is 1.57. The van der Waals surface area contributed by atoms with Crippen LogP contribution in [0.2, 0.25) is 0 Å². The summed E-state index contributed by atoms with van der Waals surface area (Å²) in [5, 5.41) is 6.77. The maximum atomic E-state index is 12.2. The molecule has 0 aliphatic heterocycles. The summed E-state index contributed by atoms with van der Waals surface area (Å²) >= 11 is 0. The molecule has 0 saturated heterocycles. The molecule has 3 aromatic rings. The van der Waals surface area contributed by atoms with Gasteiger partial charge in [0.2, 0.25) is 5.91 Å². The van der Waals surface area contributed by atoms with Gasteiger partial charge in [-0.2, -0.15) is 4.68 Å². The fourth-order valence-corrected chi connectivity index (χ4v) is 2.43. The number of methoxy groups -OCH3 is 1. The van der Waals surface area contributed by atoms with Crippen molar-refractivity contribution in [3.05, 3.63) is 58.8 Å². The van der Waals surface area contributed by atoms with Crippen LogP contribution in [0.4, 0.5) is 0 Å². The number of furan rings is 1. The van der Waals surface area contributed by atoms with Crippen LogP contribution in [0.25, 0.3) is 11.7 Å². The van der Waals surface area contributed by atoms with Gasteiger partial charge in [0.15, 0.2) is 5.76 Å². The number of carbonyl (C=O) groups excluding carboxylic acids is 1. The number of rotatable bonds is 6. The number of carbonyl (C=O) groups is 1. The van der Waals surface area contributed by atoms with E-state index in [4.69, 9.17) is 13.6 Å². The lowest BCUT2D eigenvalue weighted by molar-refractivity contribution is -0.122. The fourth-order valence-electron chi connectivity index (χ4n) is 2.43. The van der Waals surface area contributed by atoms with Gasteiger partial charge < -0.3 is 18.9 Å². The molecule has 1 unspecified atom stereocenters. The van der Waals surface area contributed by atoms with E-state index in [1.165, 1.54) is 6.26 Å². The molecule has 8 nitrogen and oxygen atoms in total. The second-order valence-electron chi connectivity index (χ2n) is 5.34. The van der Waals surface area contributed by atoms with Gasteiger partial charge in [-0.25, -0.2) is 4.79 Å². The van der Waals surface area contributed by atoms with E-state index in [0.717, 1.165) is 10.2 Å². The van der Waals surface area contributed by atoms with Crippen molar-refractivity contribution >= 4 is 5.91 Å². The molecule has 0 spiro atoms. The van der Waals surface area contributed by atoms with Crippen LogP contribution in [0.3, 0.4) is 0 Å². The fraction of sp³-hybridized carbons (Fsp3) is 0.235. The summed E-state index contributed by atoms with van der Waals surface area (Å²) in [5.41, 5.74) is 0.835. The molecule has 0 radical (unpaired) electrons. The molecule has 2 heterocycles. The number of hydrogen-bond acceptors (Lipinski definition) is 6. The van der Waals surface area contributed by atoms with E-state index in [1.807, 2.05) is 31.2 Å². The molecule has 0 bridgehead atoms. The van der Waals surface area contributed by atoms with Crippen LogP contribution < -0.4 is 15.8 Å². The van der Waals surface area contributed by atoms with Crippen molar-refractivity contribution in [2.24, 2.45) is 0 Å². The van der Waals surface area contributed by atoms with Gasteiger partial charge in [-0.3, -0.25) is 4.79 Å². The lowest BCUT2D eigenvalue weighted by Gasteiger charge is -2.16. The maximum Gasteiger partial charge on any atom is 0.437 e. The molecule has 1 amide bonds. The smallest absolute Gasteiger partial charge is 0.437 e. The molecule has 0 aliphatic carbocycles. The number of nitrogens with zero attached hydrogens (tertiary/aromatic N) is 2. The number of para-hydroxylation sites is 1. The Morgan fingerprint density at radius 1 is 1.32 bits per heavy atom. The van der Waals surface area contributed by atoms with E-state index >= 15 is 0 Å². The first kappa shape index (κ1) is 16.6. The largest absolute Gasteiger partial charge is 0.496 e. The molecular formula is C17H17N3O5. The van der Waals surface area contributed by atoms with E-state index in [2.05, 4.69) is 10.4 Å². The van der Waals surface area contributed by atoms with Crippen LogP contribution in [0, 0.1) is 0 Å². The first-order valence-electron chi connectivity index (χ1n) is 7.62. The third-order valence-corrected chi connectivity index (χ3v) is 3.61. The lowest BCUT2D eigenvalue weighted by Crippen LogP contribution is -2.33. The molecule has 130 valence electrons. The van der Waals surface area contributed by atoms with Gasteiger partial charge >= 0.3 is 5.76 Å². The van der Waals surface area contributed by atoms with Crippen LogP contribution >= 0.6 is 0 Å². The summed E-state index contributed by atoms with van der Waals surface area (Å²) in [6.07, 6.45) is 1.44. The summed E-state index contributed by atoms with van der Waals surface area (Å²) in [6, 6.07) is 10.3. The highest BCUT2D eigenvalue weighted by Gasteiger charge is 2.17. The Morgan fingerprint density at radius 2 is 2.12 bits per heavy atom. The second kappa shape index (κ2) is 7.08. The molecule has 8 heteroatoms. The van der Waals surface area contributed by atoms with E-state index in [0.29, 0.717) is 11.5 Å². The predicted octanol–water partition coefficient (Wildman–Crippen LogP) is 1.98. The average Bonchev–Trinajstić information content (AvgIpc) is 3.25. The van der Waals surface area contributed by atoms with Gasteiger partial charge in [0, 0.05) is 5.56 Å². The Hall–Kier alpha value is -3.29. The minimum absolute atomic E-state index is 0.0283. The number of benzene rings is 1. The minimum atomic E-state index is -0.730. The summed E-state index contributed by atoms with van der Waals surface area (Å²) < 4.78 is 16.3. The molecule has 0 fully saturated rings. The Bertz CT molecular complexity index is 911. The van der Waals surface area contributed by atoms with Crippen LogP contribution in [-0.4, -0.2) is 22.8 Å². The van der Waals surface area contributed by atoms with E-state index in [9.17, 15) is 9.59 Å². The highest BCUT2D eigenvalue weighted by Crippen LogP contribution is 2.24. The zero-order valence-corrected chi connectivity index (χ0v) is 13.8. The Kier molecular flexibility index (Phi) is 4.69. The third-order valence-electron chi connectivity index (χ3n) is 3.61. The molecule has 1 aromatic carbocycles. The summed E-state index contributed by atoms with van der Waals surface area (Å²) in [5.74, 6) is -0.0838. The number of ether oxygens (including phenoxy) is 1. The Labute approximate surface area is 143 Å². The van der Waals surface area contributed by atoms with E-state index in [1.54, 1.807) is 19.2 Å². The number of aromatic nitrogens is 2. The van der Waals surface area contributed by atoms with Crippen molar-refractivity contribution in [1.29, 1.82) is 0 Å². The molecule has 1 atom stereocenters. The zero-order valence-electron chi connectivity index (χ0n) is 13.8. The summed E-state index contributed by atoms with van der Waals surface area (Å²) in [4.78, 5) is 24.0. The quantitative estimate of drug-likeness (QED) is 0.735. The predicted molar refractivity (Wildman–Crippen MR) is 88.0 cm³/mol. The van der Waals surface area contributed by atoms with Crippen molar-refractivity contribution in [3.63, 3.8) is 0 Å². The normalized spacial score (nSPS) is 11.9. The zero-order chi connectivity index (χ0) is 17.8. The monoisotopic (exact) mass is 343 g/mol. The van der Waals surface area contributed by atoms with E-state index < -0.39 is 5.76 Å². The van der Waals surface area contributed by atoms with Gasteiger partial charge in [0.05, 0.1) is 19.4 Å². The molecule has 2 aromatic heterocycles.